The first-order chi connectivity index (χ1) is 10.3. The van der Waals surface area contributed by atoms with Crippen LogP contribution >= 0.6 is 27.5 Å². The van der Waals surface area contributed by atoms with Crippen molar-refractivity contribution in [2.24, 2.45) is 0 Å². The molecule has 2 aromatic rings. The quantitative estimate of drug-likeness (QED) is 0.437. The highest BCUT2D eigenvalue weighted by molar-refractivity contribution is 9.10. The van der Waals surface area contributed by atoms with E-state index >= 15 is 0 Å². The Balaban J connectivity index is 2.19. The molecule has 21 heavy (non-hydrogen) atoms. The lowest BCUT2D eigenvalue weighted by molar-refractivity contribution is 0.880. The maximum absolute atomic E-state index is 6.44. The van der Waals surface area contributed by atoms with Crippen molar-refractivity contribution >= 4 is 38.4 Å². The van der Waals surface area contributed by atoms with Gasteiger partial charge < -0.3 is 0 Å². The Bertz CT molecular complexity index is 915. The van der Waals surface area contributed by atoms with Gasteiger partial charge in [0.1, 0.15) is 0 Å². The zero-order valence-electron chi connectivity index (χ0n) is 10.9. The van der Waals surface area contributed by atoms with Crippen LogP contribution in [0.4, 0.5) is 0 Å². The first kappa shape index (κ1) is 12.9. The van der Waals surface area contributed by atoms with Gasteiger partial charge in [0.2, 0.25) is 0 Å². The van der Waals surface area contributed by atoms with Crippen molar-refractivity contribution in [3.63, 3.8) is 0 Å². The predicted octanol–water partition coefficient (Wildman–Crippen LogP) is 5.55. The van der Waals surface area contributed by atoms with Gasteiger partial charge in [-0.1, -0.05) is 63.9 Å². The van der Waals surface area contributed by atoms with E-state index in [1.54, 1.807) is 0 Å². The average Bonchev–Trinajstić information content (AvgIpc) is 2.83. The van der Waals surface area contributed by atoms with Crippen molar-refractivity contribution in [3.05, 3.63) is 70.2 Å². The third kappa shape index (κ3) is 1.96. The molecule has 0 spiro atoms. The first-order valence-corrected chi connectivity index (χ1v) is 7.74. The molecule has 0 radical (unpaired) electrons. The number of benzene rings is 2. The van der Waals surface area contributed by atoms with Crippen LogP contribution in [0, 0.1) is 0 Å². The van der Waals surface area contributed by atoms with E-state index in [-0.39, 0.29) is 0 Å². The molecule has 2 aliphatic rings. The SMILES string of the molecule is Clc1cc(Br)c2c3ccccc3nn(-c3ccccc3)c1-2. The van der Waals surface area contributed by atoms with E-state index in [1.165, 1.54) is 0 Å². The highest BCUT2D eigenvalue weighted by atomic mass is 79.9. The summed E-state index contributed by atoms with van der Waals surface area (Å²) in [5.41, 5.74) is 3.95. The molecule has 1 aliphatic heterocycles. The van der Waals surface area contributed by atoms with E-state index in [2.05, 4.69) is 22.0 Å². The number of hydrogen-bond acceptors (Lipinski definition) is 1. The topological polar surface area (TPSA) is 17.8 Å². The standard InChI is InChI=1S/C17H10BrClN2/c18-13-10-14(19)17-16(13)12-8-4-5-9-15(12)20-21(17)11-6-2-1-3-7-11/h1-10H. The van der Waals surface area contributed by atoms with E-state index in [0.29, 0.717) is 5.02 Å². The molecule has 2 aromatic carbocycles. The Morgan fingerprint density at radius 2 is 1.67 bits per heavy atom. The summed E-state index contributed by atoms with van der Waals surface area (Å²) < 4.78 is 2.90. The van der Waals surface area contributed by atoms with E-state index in [4.69, 9.17) is 16.7 Å². The van der Waals surface area contributed by atoms with Crippen LogP contribution in [-0.4, -0.2) is 9.78 Å². The molecule has 0 bridgehead atoms. The van der Waals surface area contributed by atoms with Crippen molar-refractivity contribution in [2.75, 3.05) is 0 Å². The number of nitrogens with zero attached hydrogens (tertiary/aromatic N) is 2. The molecule has 4 rings (SSSR count). The number of fused-ring (bicyclic) bond motifs is 3. The monoisotopic (exact) mass is 356 g/mol. The Labute approximate surface area is 135 Å². The Hall–Kier alpha value is -1.84. The van der Waals surface area contributed by atoms with Crippen LogP contribution < -0.4 is 0 Å². The summed E-state index contributed by atoms with van der Waals surface area (Å²) in [6.07, 6.45) is 0. The Kier molecular flexibility index (Phi) is 2.98. The lowest BCUT2D eigenvalue weighted by atomic mass is 10.1. The molecular weight excluding hydrogens is 348 g/mol. The van der Waals surface area contributed by atoms with Gasteiger partial charge in [-0.15, -0.1) is 0 Å². The smallest absolute Gasteiger partial charge is 0.0929 e. The number of aromatic nitrogens is 2. The highest BCUT2D eigenvalue weighted by Gasteiger charge is 2.21. The molecule has 102 valence electrons. The molecule has 1 heterocycles. The fourth-order valence-corrected chi connectivity index (χ4v) is 3.68. The fourth-order valence-electron chi connectivity index (χ4n) is 2.63. The number of para-hydroxylation sites is 1. The van der Waals surface area contributed by atoms with Gasteiger partial charge in [-0.2, -0.15) is 5.10 Å². The van der Waals surface area contributed by atoms with Crippen molar-refractivity contribution in [2.45, 2.75) is 0 Å². The van der Waals surface area contributed by atoms with Crippen LogP contribution in [0.25, 0.3) is 27.8 Å². The average molecular weight is 358 g/mol. The second-order valence-electron chi connectivity index (χ2n) is 4.83. The van der Waals surface area contributed by atoms with Crippen molar-refractivity contribution in [1.29, 1.82) is 0 Å². The van der Waals surface area contributed by atoms with Crippen molar-refractivity contribution in [3.8, 4) is 16.9 Å². The molecule has 0 aromatic heterocycles. The molecule has 1 aliphatic carbocycles. The molecule has 0 saturated heterocycles. The third-order valence-electron chi connectivity index (χ3n) is 3.55. The van der Waals surface area contributed by atoms with Gasteiger partial charge in [-0.05, 0) is 24.3 Å². The van der Waals surface area contributed by atoms with Gasteiger partial charge in [-0.3, -0.25) is 0 Å². The van der Waals surface area contributed by atoms with Crippen LogP contribution in [-0.2, 0) is 0 Å². The summed E-state index contributed by atoms with van der Waals surface area (Å²) >= 11 is 10.1. The number of rotatable bonds is 1. The van der Waals surface area contributed by atoms with E-state index < -0.39 is 0 Å². The number of hydrogen-bond donors (Lipinski definition) is 0. The molecular formula is C17H10BrClN2. The largest absolute Gasteiger partial charge is 0.231 e. The second kappa shape index (κ2) is 4.86. The van der Waals surface area contributed by atoms with E-state index in [0.717, 1.165) is 32.3 Å². The highest BCUT2D eigenvalue weighted by Crippen LogP contribution is 2.43. The fraction of sp³-hybridized carbons (Fsp3) is 0. The zero-order valence-corrected chi connectivity index (χ0v) is 13.3. The molecule has 0 saturated carbocycles. The van der Waals surface area contributed by atoms with Crippen molar-refractivity contribution < 1.29 is 0 Å². The minimum absolute atomic E-state index is 0.694. The Morgan fingerprint density at radius 3 is 2.48 bits per heavy atom. The van der Waals surface area contributed by atoms with E-state index in [1.807, 2.05) is 59.3 Å². The zero-order chi connectivity index (χ0) is 14.4. The summed E-state index contributed by atoms with van der Waals surface area (Å²) in [5, 5.41) is 6.55. The van der Waals surface area contributed by atoms with Crippen LogP contribution in [0.1, 0.15) is 0 Å². The maximum atomic E-state index is 6.44. The van der Waals surface area contributed by atoms with Crippen LogP contribution in [0.3, 0.4) is 0 Å². The third-order valence-corrected chi connectivity index (χ3v) is 4.46. The summed E-state index contributed by atoms with van der Waals surface area (Å²) in [6, 6.07) is 20.1. The minimum Gasteiger partial charge on any atom is -0.231 e. The van der Waals surface area contributed by atoms with Gasteiger partial charge in [-0.25, -0.2) is 4.68 Å². The number of halogens is 2. The van der Waals surface area contributed by atoms with Gasteiger partial charge in [0.15, 0.2) is 0 Å². The lowest BCUT2D eigenvalue weighted by Crippen LogP contribution is -2.05. The van der Waals surface area contributed by atoms with Gasteiger partial charge in [0.05, 0.1) is 21.9 Å². The second-order valence-corrected chi connectivity index (χ2v) is 6.09. The summed E-state index contributed by atoms with van der Waals surface area (Å²) in [6.45, 7) is 0. The lowest BCUT2D eigenvalue weighted by Gasteiger charge is -2.15. The predicted molar refractivity (Wildman–Crippen MR) is 90.4 cm³/mol. The summed E-state index contributed by atoms with van der Waals surface area (Å²) in [4.78, 5) is 0. The first-order valence-electron chi connectivity index (χ1n) is 6.56. The van der Waals surface area contributed by atoms with Gasteiger partial charge in [0, 0.05) is 15.4 Å². The Morgan fingerprint density at radius 1 is 0.952 bits per heavy atom. The maximum Gasteiger partial charge on any atom is 0.0929 e. The van der Waals surface area contributed by atoms with Crippen LogP contribution in [0.15, 0.2) is 65.1 Å². The van der Waals surface area contributed by atoms with Gasteiger partial charge in [0.25, 0.3) is 0 Å². The molecule has 2 nitrogen and oxygen atoms in total. The van der Waals surface area contributed by atoms with Crippen molar-refractivity contribution in [1.82, 2.24) is 9.78 Å². The molecule has 0 amide bonds. The van der Waals surface area contributed by atoms with Gasteiger partial charge >= 0.3 is 0 Å². The normalized spacial score (nSPS) is 11.3. The summed E-state index contributed by atoms with van der Waals surface area (Å²) in [7, 11) is 0. The molecule has 0 unspecified atom stereocenters. The molecule has 4 heteroatoms. The van der Waals surface area contributed by atoms with Crippen LogP contribution in [0.5, 0.6) is 0 Å². The van der Waals surface area contributed by atoms with Crippen LogP contribution in [0.2, 0.25) is 5.02 Å². The minimum atomic E-state index is 0.694. The summed E-state index contributed by atoms with van der Waals surface area (Å²) in [5.74, 6) is 0. The molecule has 0 fully saturated rings. The van der Waals surface area contributed by atoms with E-state index in [9.17, 15) is 0 Å². The molecule has 0 atom stereocenters. The molecule has 0 N–H and O–H groups in total.